The average molecular weight is 389 g/mol. The Labute approximate surface area is 159 Å². The van der Waals surface area contributed by atoms with Crippen molar-refractivity contribution in [3.63, 3.8) is 0 Å². The first kappa shape index (κ1) is 19.1. The molecule has 0 aliphatic carbocycles. The monoisotopic (exact) mass is 389 g/mol. The van der Waals surface area contributed by atoms with Crippen LogP contribution >= 0.6 is 0 Å². The molecule has 2 aromatic carbocycles. The number of sulfone groups is 1. The molecule has 0 aromatic heterocycles. The van der Waals surface area contributed by atoms with Crippen LogP contribution in [0.15, 0.2) is 46.7 Å². The van der Waals surface area contributed by atoms with Crippen molar-refractivity contribution in [1.29, 1.82) is 0 Å². The smallest absolute Gasteiger partial charge is 0.201 e. The van der Waals surface area contributed by atoms with Crippen LogP contribution in [0, 0.1) is 0 Å². The molecule has 7 heteroatoms. The Hall–Kier alpha value is -2.67. The van der Waals surface area contributed by atoms with Gasteiger partial charge >= 0.3 is 0 Å². The molecule has 0 unspecified atom stereocenters. The molecule has 1 aliphatic heterocycles. The summed E-state index contributed by atoms with van der Waals surface area (Å²) in [5.41, 5.74) is 2.36. The normalized spacial score (nSPS) is 15.0. The van der Waals surface area contributed by atoms with Gasteiger partial charge in [-0.1, -0.05) is 0 Å². The van der Waals surface area contributed by atoms with Crippen molar-refractivity contribution in [3.8, 4) is 17.2 Å². The molecule has 0 fully saturated rings. The minimum absolute atomic E-state index is 0.216. The zero-order chi connectivity index (χ0) is 19.4. The Morgan fingerprint density at radius 3 is 2.37 bits per heavy atom. The van der Waals surface area contributed by atoms with E-state index in [4.69, 9.17) is 14.2 Å². The number of ether oxygens (including phenoxy) is 3. The molecule has 6 nitrogen and oxygen atoms in total. The SMILES string of the molecule is CCOc1ccc(S(=O)(=O)/C=C2\NCCc3cc(OC)c(OC)cc32)cc1. The first-order chi connectivity index (χ1) is 13.0. The second-order valence-electron chi connectivity index (χ2n) is 6.02. The van der Waals surface area contributed by atoms with Crippen LogP contribution in [-0.2, 0) is 16.3 Å². The predicted octanol–water partition coefficient (Wildman–Crippen LogP) is 3.02. The zero-order valence-corrected chi connectivity index (χ0v) is 16.4. The van der Waals surface area contributed by atoms with Crippen molar-refractivity contribution in [1.82, 2.24) is 5.32 Å². The molecule has 1 aliphatic rings. The van der Waals surface area contributed by atoms with Gasteiger partial charge in [-0.15, -0.1) is 0 Å². The van der Waals surface area contributed by atoms with Gasteiger partial charge in [-0.05, 0) is 55.3 Å². The van der Waals surface area contributed by atoms with Crippen molar-refractivity contribution in [2.24, 2.45) is 0 Å². The van der Waals surface area contributed by atoms with Gasteiger partial charge in [0.05, 0.1) is 36.8 Å². The van der Waals surface area contributed by atoms with E-state index >= 15 is 0 Å². The number of benzene rings is 2. The summed E-state index contributed by atoms with van der Waals surface area (Å²) in [5.74, 6) is 1.83. The Morgan fingerprint density at radius 2 is 1.74 bits per heavy atom. The van der Waals surface area contributed by atoms with E-state index in [1.165, 1.54) is 5.41 Å². The summed E-state index contributed by atoms with van der Waals surface area (Å²) in [6.45, 7) is 3.06. The molecule has 0 atom stereocenters. The second kappa shape index (κ2) is 7.92. The maximum absolute atomic E-state index is 12.8. The van der Waals surface area contributed by atoms with E-state index < -0.39 is 9.84 Å². The van der Waals surface area contributed by atoms with Gasteiger partial charge in [0, 0.05) is 12.1 Å². The van der Waals surface area contributed by atoms with Gasteiger partial charge in [-0.25, -0.2) is 8.42 Å². The van der Waals surface area contributed by atoms with Crippen molar-refractivity contribution in [3.05, 3.63) is 52.9 Å². The molecule has 0 amide bonds. The largest absolute Gasteiger partial charge is 0.494 e. The third kappa shape index (κ3) is 4.03. The molecule has 0 saturated carbocycles. The highest BCUT2D eigenvalue weighted by Crippen LogP contribution is 2.35. The van der Waals surface area contributed by atoms with E-state index in [-0.39, 0.29) is 4.90 Å². The highest BCUT2D eigenvalue weighted by molar-refractivity contribution is 7.94. The molecule has 3 rings (SSSR count). The minimum Gasteiger partial charge on any atom is -0.494 e. The van der Waals surface area contributed by atoms with Crippen LogP contribution in [0.5, 0.6) is 17.2 Å². The zero-order valence-electron chi connectivity index (χ0n) is 15.6. The Kier molecular flexibility index (Phi) is 5.60. The molecule has 0 spiro atoms. The van der Waals surface area contributed by atoms with Gasteiger partial charge < -0.3 is 19.5 Å². The van der Waals surface area contributed by atoms with Crippen molar-refractivity contribution in [2.45, 2.75) is 18.2 Å². The highest BCUT2D eigenvalue weighted by atomic mass is 32.2. The van der Waals surface area contributed by atoms with E-state index in [1.807, 2.05) is 13.0 Å². The lowest BCUT2D eigenvalue weighted by Gasteiger charge is -2.23. The van der Waals surface area contributed by atoms with Gasteiger partial charge in [-0.3, -0.25) is 0 Å². The van der Waals surface area contributed by atoms with Crippen molar-refractivity contribution >= 4 is 15.5 Å². The van der Waals surface area contributed by atoms with Crippen molar-refractivity contribution < 1.29 is 22.6 Å². The van der Waals surface area contributed by atoms with E-state index in [9.17, 15) is 8.42 Å². The Balaban J connectivity index is 2.00. The topological polar surface area (TPSA) is 73.9 Å². The lowest BCUT2D eigenvalue weighted by atomic mass is 9.98. The molecule has 0 bridgehead atoms. The summed E-state index contributed by atoms with van der Waals surface area (Å²) in [6.07, 6.45) is 0.774. The van der Waals surface area contributed by atoms with Crippen LogP contribution in [-0.4, -0.2) is 35.8 Å². The first-order valence-corrected chi connectivity index (χ1v) is 10.2. The van der Waals surface area contributed by atoms with Gasteiger partial charge in [0.2, 0.25) is 9.84 Å². The molecule has 0 radical (unpaired) electrons. The Bertz CT molecular complexity index is 949. The van der Waals surface area contributed by atoms with Crippen molar-refractivity contribution in [2.75, 3.05) is 27.4 Å². The van der Waals surface area contributed by atoms with E-state index in [2.05, 4.69) is 5.32 Å². The summed E-state index contributed by atoms with van der Waals surface area (Å²) >= 11 is 0. The summed E-state index contributed by atoms with van der Waals surface area (Å²) in [7, 11) is -0.484. The number of hydrogen-bond donors (Lipinski definition) is 1. The van der Waals surface area contributed by atoms with Crippen LogP contribution in [0.2, 0.25) is 0 Å². The van der Waals surface area contributed by atoms with Crippen LogP contribution in [0.4, 0.5) is 0 Å². The number of hydrogen-bond acceptors (Lipinski definition) is 6. The van der Waals surface area contributed by atoms with Crippen LogP contribution in [0.3, 0.4) is 0 Å². The lowest BCUT2D eigenvalue weighted by molar-refractivity contribution is 0.340. The second-order valence-corrected chi connectivity index (χ2v) is 7.82. The summed E-state index contributed by atoms with van der Waals surface area (Å²) in [6, 6.07) is 10.1. The third-order valence-electron chi connectivity index (χ3n) is 4.35. The summed E-state index contributed by atoms with van der Waals surface area (Å²) in [5, 5.41) is 4.45. The van der Waals surface area contributed by atoms with E-state index in [0.717, 1.165) is 17.5 Å². The molecule has 0 saturated heterocycles. The lowest BCUT2D eigenvalue weighted by Crippen LogP contribution is -2.23. The molecule has 1 heterocycles. The first-order valence-electron chi connectivity index (χ1n) is 8.67. The number of methoxy groups -OCH3 is 2. The van der Waals surface area contributed by atoms with Gasteiger partial charge in [0.1, 0.15) is 5.75 Å². The quantitative estimate of drug-likeness (QED) is 0.819. The minimum atomic E-state index is -3.62. The fourth-order valence-electron chi connectivity index (χ4n) is 3.03. The standard InChI is InChI=1S/C20H23NO5S/c1-4-26-15-5-7-16(8-6-15)27(22,23)13-18-17-12-20(25-3)19(24-2)11-14(17)9-10-21-18/h5-8,11-13,21H,4,9-10H2,1-3H3/b18-13-. The summed E-state index contributed by atoms with van der Waals surface area (Å²) < 4.78 is 41.8. The van der Waals surface area contributed by atoms with E-state index in [0.29, 0.717) is 36.1 Å². The third-order valence-corrected chi connectivity index (χ3v) is 5.82. The maximum atomic E-state index is 12.8. The molecule has 144 valence electrons. The van der Waals surface area contributed by atoms with Gasteiger partial charge in [-0.2, -0.15) is 0 Å². The highest BCUT2D eigenvalue weighted by Gasteiger charge is 2.21. The number of nitrogens with one attached hydrogen (secondary N) is 1. The summed E-state index contributed by atoms with van der Waals surface area (Å²) in [4.78, 5) is 0.216. The fraction of sp³-hybridized carbons (Fsp3) is 0.300. The average Bonchev–Trinajstić information content (AvgIpc) is 2.67. The molecule has 27 heavy (non-hydrogen) atoms. The molecular weight excluding hydrogens is 366 g/mol. The van der Waals surface area contributed by atoms with Crippen LogP contribution in [0.1, 0.15) is 18.1 Å². The predicted molar refractivity (Wildman–Crippen MR) is 104 cm³/mol. The molecular formula is C20H23NO5S. The molecule has 2 aromatic rings. The fourth-order valence-corrected chi connectivity index (χ4v) is 4.20. The molecule has 1 N–H and O–H groups in total. The number of fused-ring (bicyclic) bond motifs is 1. The maximum Gasteiger partial charge on any atom is 0.201 e. The van der Waals surface area contributed by atoms with E-state index in [1.54, 1.807) is 44.6 Å². The Morgan fingerprint density at radius 1 is 1.07 bits per heavy atom. The van der Waals surface area contributed by atoms with Gasteiger partial charge in [0.15, 0.2) is 11.5 Å². The van der Waals surface area contributed by atoms with Crippen LogP contribution in [0.25, 0.3) is 5.70 Å². The number of rotatable bonds is 6. The van der Waals surface area contributed by atoms with Crippen LogP contribution < -0.4 is 19.5 Å². The van der Waals surface area contributed by atoms with Gasteiger partial charge in [0.25, 0.3) is 0 Å².